The van der Waals surface area contributed by atoms with Gasteiger partial charge in [0.15, 0.2) is 0 Å². The van der Waals surface area contributed by atoms with E-state index in [2.05, 4.69) is 41.1 Å². The number of hydrogen-bond acceptors (Lipinski definition) is 4. The highest BCUT2D eigenvalue weighted by Gasteiger charge is 2.28. The van der Waals surface area contributed by atoms with E-state index in [0.717, 1.165) is 28.4 Å². The van der Waals surface area contributed by atoms with E-state index >= 15 is 0 Å². The van der Waals surface area contributed by atoms with E-state index < -0.39 is 0 Å². The van der Waals surface area contributed by atoms with Crippen LogP contribution in [0.1, 0.15) is 28.5 Å². The third-order valence-electron chi connectivity index (χ3n) is 7.44. The van der Waals surface area contributed by atoms with Crippen LogP contribution in [0.15, 0.2) is 78.9 Å². The summed E-state index contributed by atoms with van der Waals surface area (Å²) in [5.41, 5.74) is 6.25. The number of amides is 3. The Balaban J connectivity index is 1.35. The van der Waals surface area contributed by atoms with Crippen molar-refractivity contribution in [3.05, 3.63) is 95.7 Å². The maximum absolute atomic E-state index is 13.8. The molecule has 5 rings (SSSR count). The van der Waals surface area contributed by atoms with Gasteiger partial charge in [0.1, 0.15) is 11.5 Å². The van der Waals surface area contributed by atoms with E-state index in [9.17, 15) is 9.59 Å². The second kappa shape index (κ2) is 12.2. The van der Waals surface area contributed by atoms with Crippen molar-refractivity contribution in [1.29, 1.82) is 0 Å². The van der Waals surface area contributed by atoms with Gasteiger partial charge in [0.05, 0.1) is 30.7 Å². The molecular weight excluding hydrogens is 516 g/mol. The van der Waals surface area contributed by atoms with Crippen molar-refractivity contribution in [2.75, 3.05) is 45.2 Å². The van der Waals surface area contributed by atoms with E-state index in [0.29, 0.717) is 49.8 Å². The highest BCUT2D eigenvalue weighted by atomic mass is 16.5. The monoisotopic (exact) mass is 552 g/mol. The highest BCUT2D eigenvalue weighted by Crippen LogP contribution is 2.32. The van der Waals surface area contributed by atoms with Crippen LogP contribution in [-0.2, 0) is 0 Å². The van der Waals surface area contributed by atoms with Gasteiger partial charge in [-0.05, 0) is 80.9 Å². The predicted octanol–water partition coefficient (Wildman–Crippen LogP) is 6.16. The van der Waals surface area contributed by atoms with Gasteiger partial charge in [0.25, 0.3) is 5.91 Å². The van der Waals surface area contributed by atoms with Gasteiger partial charge in [-0.3, -0.25) is 4.79 Å². The number of ether oxygens (including phenoxy) is 2. The molecule has 212 valence electrons. The fourth-order valence-electron chi connectivity index (χ4n) is 5.15. The first-order valence-corrected chi connectivity index (χ1v) is 13.9. The number of aryl methyl sites for hydroxylation is 1. The molecule has 0 spiro atoms. The predicted molar refractivity (Wildman–Crippen MR) is 161 cm³/mol. The molecule has 0 atom stereocenters. The van der Waals surface area contributed by atoms with Gasteiger partial charge in [0.2, 0.25) is 0 Å². The Morgan fingerprint density at radius 3 is 2.17 bits per heavy atom. The van der Waals surface area contributed by atoms with Crippen molar-refractivity contribution in [2.24, 2.45) is 0 Å². The summed E-state index contributed by atoms with van der Waals surface area (Å²) in [7, 11) is 1.65. The largest absolute Gasteiger partial charge is 0.497 e. The van der Waals surface area contributed by atoms with E-state index in [-0.39, 0.29) is 11.9 Å². The molecule has 3 aromatic carbocycles. The number of carbonyl (C=O) groups excluding carboxylic acids is 2. The number of nitrogens with one attached hydrogen (secondary N) is 1. The molecule has 3 amide bonds. The van der Waals surface area contributed by atoms with Crippen LogP contribution < -0.4 is 14.8 Å². The van der Waals surface area contributed by atoms with Crippen LogP contribution in [0, 0.1) is 13.8 Å². The van der Waals surface area contributed by atoms with Crippen LogP contribution in [0.4, 0.5) is 10.5 Å². The lowest BCUT2D eigenvalue weighted by Gasteiger charge is -2.34. The van der Waals surface area contributed by atoms with Gasteiger partial charge < -0.3 is 29.2 Å². The minimum atomic E-state index is -0.201. The Bertz CT molecular complexity index is 1520. The lowest BCUT2D eigenvalue weighted by atomic mass is 10.1. The van der Waals surface area contributed by atoms with Gasteiger partial charge in [-0.25, -0.2) is 4.79 Å². The minimum Gasteiger partial charge on any atom is -0.497 e. The summed E-state index contributed by atoms with van der Waals surface area (Å²) >= 11 is 0. The molecule has 8 nitrogen and oxygen atoms in total. The van der Waals surface area contributed by atoms with Crippen LogP contribution in [0.3, 0.4) is 0 Å². The molecule has 8 heteroatoms. The van der Waals surface area contributed by atoms with Crippen molar-refractivity contribution >= 4 is 17.6 Å². The first kappa shape index (κ1) is 27.8. The topological polar surface area (TPSA) is 76.0 Å². The van der Waals surface area contributed by atoms with E-state index in [1.165, 1.54) is 5.56 Å². The van der Waals surface area contributed by atoms with E-state index in [4.69, 9.17) is 9.47 Å². The second-order valence-electron chi connectivity index (χ2n) is 10.1. The number of piperazine rings is 1. The molecule has 1 aliphatic rings. The number of hydrogen-bond donors (Lipinski definition) is 1. The van der Waals surface area contributed by atoms with Crippen molar-refractivity contribution in [1.82, 2.24) is 14.4 Å². The normalized spacial score (nSPS) is 13.2. The highest BCUT2D eigenvalue weighted by molar-refractivity contribution is 5.98. The third-order valence-corrected chi connectivity index (χ3v) is 7.44. The summed E-state index contributed by atoms with van der Waals surface area (Å²) in [6.07, 6.45) is 0. The maximum atomic E-state index is 13.8. The zero-order valence-corrected chi connectivity index (χ0v) is 24.0. The summed E-state index contributed by atoms with van der Waals surface area (Å²) in [6.45, 7) is 8.25. The molecule has 1 aromatic heterocycles. The van der Waals surface area contributed by atoms with Crippen molar-refractivity contribution in [3.8, 4) is 28.4 Å². The van der Waals surface area contributed by atoms with Crippen molar-refractivity contribution < 1.29 is 19.1 Å². The minimum absolute atomic E-state index is 0.0372. The Morgan fingerprint density at radius 1 is 0.854 bits per heavy atom. The fraction of sp³-hybridized carbons (Fsp3) is 0.273. The molecular formula is C33H36N4O4. The molecule has 0 saturated carbocycles. The molecule has 2 heterocycles. The Hall–Kier alpha value is -4.72. The number of methoxy groups -OCH3 is 1. The quantitative estimate of drug-likeness (QED) is 0.298. The van der Waals surface area contributed by atoms with Crippen LogP contribution in [-0.4, -0.2) is 66.2 Å². The van der Waals surface area contributed by atoms with Crippen molar-refractivity contribution in [3.63, 3.8) is 0 Å². The zero-order valence-electron chi connectivity index (χ0n) is 24.0. The van der Waals surface area contributed by atoms with Crippen LogP contribution in [0.2, 0.25) is 0 Å². The second-order valence-corrected chi connectivity index (χ2v) is 10.1. The summed E-state index contributed by atoms with van der Waals surface area (Å²) < 4.78 is 13.1. The molecule has 0 bridgehead atoms. The van der Waals surface area contributed by atoms with Crippen LogP contribution in [0.25, 0.3) is 16.9 Å². The Kier molecular flexibility index (Phi) is 8.29. The molecule has 0 radical (unpaired) electrons. The average Bonchev–Trinajstić information content (AvgIpc) is 3.35. The lowest BCUT2D eigenvalue weighted by molar-refractivity contribution is 0.0671. The summed E-state index contributed by atoms with van der Waals surface area (Å²) in [4.78, 5) is 30.4. The number of aromatic nitrogens is 1. The number of nitrogens with zero attached hydrogens (tertiary/aromatic N) is 3. The van der Waals surface area contributed by atoms with Gasteiger partial charge in [-0.1, -0.05) is 29.8 Å². The molecule has 0 unspecified atom stereocenters. The fourth-order valence-corrected chi connectivity index (χ4v) is 5.15. The van der Waals surface area contributed by atoms with E-state index in [1.54, 1.807) is 12.0 Å². The summed E-state index contributed by atoms with van der Waals surface area (Å²) in [5.74, 6) is 1.38. The molecule has 1 saturated heterocycles. The van der Waals surface area contributed by atoms with Gasteiger partial charge in [0, 0.05) is 37.6 Å². The van der Waals surface area contributed by atoms with Gasteiger partial charge in [-0.2, -0.15) is 0 Å². The number of para-hydroxylation sites is 2. The first-order valence-electron chi connectivity index (χ1n) is 13.9. The maximum Gasteiger partial charge on any atom is 0.322 e. The van der Waals surface area contributed by atoms with Gasteiger partial charge >= 0.3 is 6.03 Å². The number of rotatable bonds is 7. The van der Waals surface area contributed by atoms with Gasteiger partial charge in [-0.15, -0.1) is 0 Å². The molecule has 41 heavy (non-hydrogen) atoms. The third kappa shape index (κ3) is 5.91. The van der Waals surface area contributed by atoms with Crippen molar-refractivity contribution in [2.45, 2.75) is 20.8 Å². The number of benzene rings is 3. The standard InChI is InChI=1S/C33H36N4O4/c1-5-41-31-9-7-6-8-29(31)34-33(39)36-20-18-35(19-21-36)32(38)28-22-30(25-12-16-27(40-4)17-13-25)37(24(28)3)26-14-10-23(2)11-15-26/h6-17,22H,5,18-21H2,1-4H3,(H,34,39). The summed E-state index contributed by atoms with van der Waals surface area (Å²) in [5, 5.41) is 2.96. The molecule has 1 N–H and O–H groups in total. The van der Waals surface area contributed by atoms with Crippen LogP contribution in [0.5, 0.6) is 11.5 Å². The molecule has 4 aromatic rings. The summed E-state index contributed by atoms with van der Waals surface area (Å²) in [6, 6.07) is 25.3. The van der Waals surface area contributed by atoms with E-state index in [1.807, 2.05) is 73.3 Å². The SMILES string of the molecule is CCOc1ccccc1NC(=O)N1CCN(C(=O)c2cc(-c3ccc(OC)cc3)n(-c3ccc(C)cc3)c2C)CC1. The Labute approximate surface area is 241 Å². The lowest BCUT2D eigenvalue weighted by Crippen LogP contribution is -2.51. The molecule has 1 fully saturated rings. The molecule has 1 aliphatic heterocycles. The van der Waals surface area contributed by atoms with Crippen LogP contribution >= 0.6 is 0 Å². The average molecular weight is 553 g/mol. The molecule has 0 aliphatic carbocycles. The first-order chi connectivity index (χ1) is 19.9. The number of anilines is 1. The number of carbonyl (C=O) groups is 2. The smallest absolute Gasteiger partial charge is 0.322 e. The zero-order chi connectivity index (χ0) is 28.9. The number of urea groups is 1. The Morgan fingerprint density at radius 2 is 1.51 bits per heavy atom.